The quantitative estimate of drug-likeness (QED) is 0.682. The first-order chi connectivity index (χ1) is 6.93. The summed E-state index contributed by atoms with van der Waals surface area (Å²) in [6, 6.07) is -0.469. The van der Waals surface area contributed by atoms with E-state index in [1.807, 2.05) is 13.8 Å². The van der Waals surface area contributed by atoms with Crippen molar-refractivity contribution in [3.8, 4) is 0 Å². The van der Waals surface area contributed by atoms with Crippen LogP contribution in [0.15, 0.2) is 0 Å². The average Bonchev–Trinajstić information content (AvgIpc) is 2.37. The van der Waals surface area contributed by atoms with E-state index in [4.69, 9.17) is 17.3 Å². The molecule has 0 aromatic carbocycles. The van der Waals surface area contributed by atoms with Crippen LogP contribution in [0, 0.1) is 0 Å². The van der Waals surface area contributed by atoms with Crippen LogP contribution >= 0.6 is 12.2 Å². The number of carboxylic acids is 1. The molecule has 0 radical (unpaired) electrons. The van der Waals surface area contributed by atoms with Crippen molar-refractivity contribution in [3.05, 3.63) is 0 Å². The predicted octanol–water partition coefficient (Wildman–Crippen LogP) is 0.345. The number of aliphatic carboxylic acids is 1. The number of thiocarbonyl (C=S) groups is 1. The first kappa shape index (κ1) is 11.9. The molecule has 1 aliphatic heterocycles. The van der Waals surface area contributed by atoms with Crippen molar-refractivity contribution in [3.63, 3.8) is 0 Å². The zero-order chi connectivity index (χ0) is 11.6. The predicted molar refractivity (Wildman–Crippen MR) is 58.4 cm³/mol. The molecule has 0 aromatic heterocycles. The highest BCUT2D eigenvalue weighted by Gasteiger charge is 2.36. The molecule has 1 amide bonds. The summed E-state index contributed by atoms with van der Waals surface area (Å²) < 4.78 is 0. The fourth-order valence-electron chi connectivity index (χ4n) is 1.50. The van der Waals surface area contributed by atoms with Crippen molar-refractivity contribution in [1.82, 2.24) is 10.2 Å². The molecule has 6 heteroatoms. The molecule has 1 atom stereocenters. The Morgan fingerprint density at radius 3 is 2.67 bits per heavy atom. The number of hydrogen-bond acceptors (Lipinski definition) is 3. The topological polar surface area (TPSA) is 69.6 Å². The van der Waals surface area contributed by atoms with Gasteiger partial charge in [-0.3, -0.25) is 14.5 Å². The molecule has 1 aliphatic rings. The molecule has 0 saturated carbocycles. The lowest BCUT2D eigenvalue weighted by Crippen LogP contribution is -2.37. The molecule has 2 N–H and O–H groups in total. The number of amides is 1. The van der Waals surface area contributed by atoms with Crippen LogP contribution in [-0.4, -0.2) is 39.1 Å². The minimum Gasteiger partial charge on any atom is -0.481 e. The minimum atomic E-state index is -0.904. The van der Waals surface area contributed by atoms with Gasteiger partial charge < -0.3 is 10.4 Å². The zero-order valence-corrected chi connectivity index (χ0v) is 9.50. The maximum atomic E-state index is 11.8. The van der Waals surface area contributed by atoms with E-state index >= 15 is 0 Å². The second kappa shape index (κ2) is 4.57. The molecule has 1 heterocycles. The summed E-state index contributed by atoms with van der Waals surface area (Å²) in [5, 5.41) is 11.7. The average molecular weight is 230 g/mol. The molecular weight excluding hydrogens is 216 g/mol. The second-order valence-corrected chi connectivity index (χ2v) is 4.12. The normalized spacial score (nSPS) is 21.0. The maximum Gasteiger partial charge on any atom is 0.303 e. The van der Waals surface area contributed by atoms with Crippen molar-refractivity contribution in [2.75, 3.05) is 0 Å². The van der Waals surface area contributed by atoms with E-state index in [1.54, 1.807) is 0 Å². The maximum absolute atomic E-state index is 11.8. The molecule has 84 valence electrons. The van der Waals surface area contributed by atoms with E-state index in [-0.39, 0.29) is 24.8 Å². The van der Waals surface area contributed by atoms with Crippen molar-refractivity contribution >= 4 is 29.2 Å². The number of nitrogens with one attached hydrogen (secondary N) is 1. The fraction of sp³-hybridized carbons (Fsp3) is 0.667. The van der Waals surface area contributed by atoms with Gasteiger partial charge in [0.1, 0.15) is 6.04 Å². The lowest BCUT2D eigenvalue weighted by molar-refractivity contribution is -0.137. The van der Waals surface area contributed by atoms with Crippen LogP contribution in [-0.2, 0) is 9.59 Å². The van der Waals surface area contributed by atoms with Gasteiger partial charge in [-0.1, -0.05) is 0 Å². The van der Waals surface area contributed by atoms with Crippen LogP contribution in [0.5, 0.6) is 0 Å². The third kappa shape index (κ3) is 2.65. The number of hydrogen-bond donors (Lipinski definition) is 2. The van der Waals surface area contributed by atoms with E-state index in [0.29, 0.717) is 5.11 Å². The molecule has 1 fully saturated rings. The lowest BCUT2D eigenvalue weighted by Gasteiger charge is -2.18. The summed E-state index contributed by atoms with van der Waals surface area (Å²) in [4.78, 5) is 23.6. The summed E-state index contributed by atoms with van der Waals surface area (Å²) in [6.07, 6.45) is 0.246. The third-order valence-corrected chi connectivity index (χ3v) is 2.53. The molecule has 0 aliphatic carbocycles. The van der Waals surface area contributed by atoms with Gasteiger partial charge >= 0.3 is 5.97 Å². The van der Waals surface area contributed by atoms with Gasteiger partial charge in [-0.15, -0.1) is 0 Å². The summed E-state index contributed by atoms with van der Waals surface area (Å²) in [5.74, 6) is -1.03. The number of carbonyl (C=O) groups excluding carboxylic acids is 1. The second-order valence-electron chi connectivity index (χ2n) is 3.74. The standard InChI is InChI=1S/C9H14N2O3S/c1-5(2)11-8(14)6(10-9(11)15)3-4-7(12)13/h5-6H,3-4H2,1-2H3,(H,10,15)(H,12,13)/t6-/m1/s1. The van der Waals surface area contributed by atoms with Gasteiger partial charge in [-0.05, 0) is 32.5 Å². The highest BCUT2D eigenvalue weighted by molar-refractivity contribution is 7.80. The van der Waals surface area contributed by atoms with Crippen molar-refractivity contribution in [1.29, 1.82) is 0 Å². The van der Waals surface area contributed by atoms with E-state index in [2.05, 4.69) is 5.32 Å². The summed E-state index contributed by atoms with van der Waals surface area (Å²) in [7, 11) is 0. The van der Waals surface area contributed by atoms with Gasteiger partial charge in [0.25, 0.3) is 5.91 Å². The molecule has 0 bridgehead atoms. The number of carbonyl (C=O) groups is 2. The van der Waals surface area contributed by atoms with Gasteiger partial charge in [-0.2, -0.15) is 0 Å². The molecule has 0 aromatic rings. The summed E-state index contributed by atoms with van der Waals surface area (Å²) in [6.45, 7) is 3.73. The van der Waals surface area contributed by atoms with Gasteiger partial charge in [0.05, 0.1) is 0 Å². The molecule has 0 spiro atoms. The Bertz CT molecular complexity index is 304. The third-order valence-electron chi connectivity index (χ3n) is 2.22. The SMILES string of the molecule is CC(C)N1C(=O)[C@@H](CCC(=O)O)NC1=S. The Kier molecular flexibility index (Phi) is 3.62. The molecule has 0 unspecified atom stereocenters. The number of rotatable bonds is 4. The van der Waals surface area contributed by atoms with Crippen LogP contribution in [0.1, 0.15) is 26.7 Å². The Morgan fingerprint density at radius 2 is 2.27 bits per heavy atom. The molecule has 15 heavy (non-hydrogen) atoms. The molecular formula is C9H14N2O3S. The lowest BCUT2D eigenvalue weighted by atomic mass is 10.1. The minimum absolute atomic E-state index is 0.00679. The Hall–Kier alpha value is -1.17. The largest absolute Gasteiger partial charge is 0.481 e. The van der Waals surface area contributed by atoms with Crippen LogP contribution in [0.25, 0.3) is 0 Å². The smallest absolute Gasteiger partial charge is 0.303 e. The first-order valence-corrected chi connectivity index (χ1v) is 5.19. The van der Waals surface area contributed by atoms with Crippen molar-refractivity contribution in [2.24, 2.45) is 0 Å². The summed E-state index contributed by atoms with van der Waals surface area (Å²) >= 11 is 5.00. The highest BCUT2D eigenvalue weighted by Crippen LogP contribution is 2.14. The van der Waals surface area contributed by atoms with Crippen LogP contribution < -0.4 is 5.32 Å². The molecule has 1 saturated heterocycles. The van der Waals surface area contributed by atoms with Gasteiger partial charge in [0.2, 0.25) is 0 Å². The van der Waals surface area contributed by atoms with Crippen molar-refractivity contribution in [2.45, 2.75) is 38.8 Å². The molecule has 5 nitrogen and oxygen atoms in total. The summed E-state index contributed by atoms with van der Waals surface area (Å²) in [5.41, 5.74) is 0. The van der Waals surface area contributed by atoms with E-state index < -0.39 is 12.0 Å². The van der Waals surface area contributed by atoms with Crippen LogP contribution in [0.4, 0.5) is 0 Å². The Morgan fingerprint density at radius 1 is 1.67 bits per heavy atom. The van der Waals surface area contributed by atoms with E-state index in [0.717, 1.165) is 0 Å². The molecule has 1 rings (SSSR count). The fourth-order valence-corrected chi connectivity index (χ4v) is 1.94. The van der Waals surface area contributed by atoms with Gasteiger partial charge in [0.15, 0.2) is 5.11 Å². The van der Waals surface area contributed by atoms with Crippen LogP contribution in [0.2, 0.25) is 0 Å². The number of carboxylic acid groups (broad SMARTS) is 1. The van der Waals surface area contributed by atoms with E-state index in [9.17, 15) is 9.59 Å². The zero-order valence-electron chi connectivity index (χ0n) is 8.69. The first-order valence-electron chi connectivity index (χ1n) is 4.79. The Balaban J connectivity index is 2.61. The Labute approximate surface area is 93.4 Å². The van der Waals surface area contributed by atoms with Gasteiger partial charge in [-0.25, -0.2) is 0 Å². The van der Waals surface area contributed by atoms with Crippen molar-refractivity contribution < 1.29 is 14.7 Å². The van der Waals surface area contributed by atoms with E-state index in [1.165, 1.54) is 4.90 Å². The highest BCUT2D eigenvalue weighted by atomic mass is 32.1. The number of nitrogens with zero attached hydrogens (tertiary/aromatic N) is 1. The van der Waals surface area contributed by atoms with Crippen LogP contribution in [0.3, 0.4) is 0 Å². The monoisotopic (exact) mass is 230 g/mol. The van der Waals surface area contributed by atoms with Gasteiger partial charge in [0, 0.05) is 12.5 Å².